The summed E-state index contributed by atoms with van der Waals surface area (Å²) < 4.78 is 11.0. The maximum atomic E-state index is 12.9. The average molecular weight is 327 g/mol. The van der Waals surface area contributed by atoms with Gasteiger partial charge in [0, 0.05) is 12.5 Å². The minimum atomic E-state index is -0.786. The first-order chi connectivity index (χ1) is 11.5. The van der Waals surface area contributed by atoms with Crippen molar-refractivity contribution >= 4 is 11.9 Å². The second kappa shape index (κ2) is 6.51. The van der Waals surface area contributed by atoms with Crippen molar-refractivity contribution in [3.63, 3.8) is 0 Å². The Balaban J connectivity index is 1.80. The van der Waals surface area contributed by atoms with Gasteiger partial charge in [-0.15, -0.1) is 0 Å². The zero-order valence-electron chi connectivity index (χ0n) is 14.1. The summed E-state index contributed by atoms with van der Waals surface area (Å²) in [4.78, 5) is 26.7. The summed E-state index contributed by atoms with van der Waals surface area (Å²) in [6.45, 7) is 6.10. The third kappa shape index (κ3) is 3.20. The van der Waals surface area contributed by atoms with E-state index < -0.39 is 12.1 Å². The van der Waals surface area contributed by atoms with Crippen molar-refractivity contribution in [2.45, 2.75) is 45.9 Å². The van der Waals surface area contributed by atoms with Crippen molar-refractivity contribution in [1.29, 1.82) is 0 Å². The van der Waals surface area contributed by atoms with Gasteiger partial charge in [-0.05, 0) is 44.5 Å². The van der Waals surface area contributed by atoms with E-state index in [2.05, 4.69) is 0 Å². The van der Waals surface area contributed by atoms with Crippen molar-refractivity contribution in [3.8, 4) is 0 Å². The predicted octanol–water partition coefficient (Wildman–Crippen LogP) is 3.11. The lowest BCUT2D eigenvalue weighted by Gasteiger charge is -2.31. The Hall–Kier alpha value is -2.56. The maximum absolute atomic E-state index is 12.9. The number of rotatable bonds is 4. The van der Waals surface area contributed by atoms with Crippen molar-refractivity contribution in [2.75, 3.05) is 0 Å². The molecule has 5 heteroatoms. The van der Waals surface area contributed by atoms with Crippen LogP contribution in [0.2, 0.25) is 0 Å². The Kier molecular flexibility index (Phi) is 4.42. The van der Waals surface area contributed by atoms with Crippen molar-refractivity contribution in [1.82, 2.24) is 4.90 Å². The number of fused-ring (bicyclic) bond motifs is 1. The molecule has 3 rings (SSSR count). The molecule has 0 radical (unpaired) electrons. The van der Waals surface area contributed by atoms with Gasteiger partial charge in [0.05, 0.1) is 12.1 Å². The first kappa shape index (κ1) is 16.3. The van der Waals surface area contributed by atoms with E-state index in [0.29, 0.717) is 18.5 Å². The quantitative estimate of drug-likeness (QED) is 0.810. The van der Waals surface area contributed by atoms with Gasteiger partial charge in [0.1, 0.15) is 11.5 Å². The third-order valence-electron chi connectivity index (χ3n) is 4.20. The van der Waals surface area contributed by atoms with E-state index in [1.807, 2.05) is 45.0 Å². The number of cyclic esters (lactones) is 1. The molecule has 0 saturated carbocycles. The normalized spacial score (nSPS) is 16.7. The van der Waals surface area contributed by atoms with Crippen LogP contribution in [-0.4, -0.2) is 28.9 Å². The number of benzene rings is 1. The fourth-order valence-electron chi connectivity index (χ4n) is 2.91. The van der Waals surface area contributed by atoms with Crippen LogP contribution in [-0.2, 0) is 22.5 Å². The number of amides is 1. The van der Waals surface area contributed by atoms with Gasteiger partial charge >= 0.3 is 5.97 Å². The highest BCUT2D eigenvalue weighted by Crippen LogP contribution is 2.23. The molecule has 1 aromatic carbocycles. The lowest BCUT2D eigenvalue weighted by Crippen LogP contribution is -2.46. The number of furan rings is 1. The lowest BCUT2D eigenvalue weighted by molar-refractivity contribution is -0.143. The fourth-order valence-corrected chi connectivity index (χ4v) is 2.91. The number of ether oxygens (including phenoxy) is 1. The summed E-state index contributed by atoms with van der Waals surface area (Å²) in [6, 6.07) is 11.0. The molecule has 1 aromatic heterocycles. The Morgan fingerprint density at radius 2 is 2.00 bits per heavy atom. The Bertz CT molecular complexity index is 762. The van der Waals surface area contributed by atoms with Crippen LogP contribution >= 0.6 is 0 Å². The fraction of sp³-hybridized carbons (Fsp3) is 0.368. The molecule has 1 amide bonds. The topological polar surface area (TPSA) is 59.8 Å². The molecular weight excluding hydrogens is 306 g/mol. The van der Waals surface area contributed by atoms with E-state index >= 15 is 0 Å². The molecule has 0 aliphatic carbocycles. The molecule has 1 unspecified atom stereocenters. The molecule has 0 spiro atoms. The minimum Gasteiger partial charge on any atom is -0.464 e. The molecule has 0 saturated heterocycles. The number of hydrogen-bond acceptors (Lipinski definition) is 4. The van der Waals surface area contributed by atoms with E-state index in [1.54, 1.807) is 17.0 Å². The summed E-state index contributed by atoms with van der Waals surface area (Å²) in [6.07, 6.45) is -0.382. The van der Waals surface area contributed by atoms with Crippen molar-refractivity contribution in [3.05, 3.63) is 59.0 Å². The predicted molar refractivity (Wildman–Crippen MR) is 88.5 cm³/mol. The molecular formula is C19H21NO4. The Labute approximate surface area is 141 Å². The SMILES string of the molecule is Cc1ccc(CN(C(=O)C2Cc3ccccc3C(=O)O2)C(C)C)o1. The Morgan fingerprint density at radius 1 is 1.25 bits per heavy atom. The number of esters is 1. The number of nitrogens with zero attached hydrogens (tertiary/aromatic N) is 1. The summed E-state index contributed by atoms with van der Waals surface area (Å²) in [5.41, 5.74) is 1.39. The molecule has 5 nitrogen and oxygen atoms in total. The van der Waals surface area contributed by atoms with E-state index in [-0.39, 0.29) is 11.9 Å². The third-order valence-corrected chi connectivity index (χ3v) is 4.20. The molecule has 0 bridgehead atoms. The average Bonchev–Trinajstić information content (AvgIpc) is 2.97. The molecule has 1 aliphatic heterocycles. The highest BCUT2D eigenvalue weighted by Gasteiger charge is 2.34. The molecule has 2 heterocycles. The molecule has 2 aromatic rings. The Morgan fingerprint density at radius 3 is 2.67 bits per heavy atom. The summed E-state index contributed by atoms with van der Waals surface area (Å²) >= 11 is 0. The van der Waals surface area contributed by atoms with Crippen LogP contribution in [0, 0.1) is 6.92 Å². The zero-order valence-corrected chi connectivity index (χ0v) is 14.1. The van der Waals surface area contributed by atoms with Crippen LogP contribution in [0.15, 0.2) is 40.8 Å². The molecule has 1 atom stereocenters. The smallest absolute Gasteiger partial charge is 0.339 e. The standard InChI is InChI=1S/C19H21NO4/c1-12(2)20(11-15-9-8-13(3)23-15)18(21)17-10-14-6-4-5-7-16(14)19(22)24-17/h4-9,12,17H,10-11H2,1-3H3. The summed E-state index contributed by atoms with van der Waals surface area (Å²) in [5, 5.41) is 0. The number of carbonyl (C=O) groups is 2. The van der Waals surface area contributed by atoms with E-state index in [0.717, 1.165) is 17.1 Å². The van der Waals surface area contributed by atoms with Crippen molar-refractivity contribution in [2.24, 2.45) is 0 Å². The van der Waals surface area contributed by atoms with Gasteiger partial charge in [0.25, 0.3) is 5.91 Å². The molecule has 0 fully saturated rings. The first-order valence-corrected chi connectivity index (χ1v) is 8.10. The largest absolute Gasteiger partial charge is 0.464 e. The molecule has 1 aliphatic rings. The highest BCUT2D eigenvalue weighted by molar-refractivity contribution is 5.95. The van der Waals surface area contributed by atoms with Gasteiger partial charge in [-0.2, -0.15) is 0 Å². The van der Waals surface area contributed by atoms with E-state index in [9.17, 15) is 9.59 Å². The van der Waals surface area contributed by atoms with Gasteiger partial charge in [-0.25, -0.2) is 4.79 Å². The second-order valence-corrected chi connectivity index (χ2v) is 6.33. The summed E-state index contributed by atoms with van der Waals surface area (Å²) in [7, 11) is 0. The van der Waals surface area contributed by atoms with E-state index in [1.165, 1.54) is 0 Å². The molecule has 0 N–H and O–H groups in total. The summed E-state index contributed by atoms with van der Waals surface area (Å²) in [5.74, 6) is 0.894. The monoisotopic (exact) mass is 327 g/mol. The van der Waals surface area contributed by atoms with Crippen LogP contribution in [0.3, 0.4) is 0 Å². The minimum absolute atomic E-state index is 0.0289. The molecule has 126 valence electrons. The number of hydrogen-bond donors (Lipinski definition) is 0. The molecule has 24 heavy (non-hydrogen) atoms. The van der Waals surface area contributed by atoms with Gasteiger partial charge < -0.3 is 14.1 Å². The van der Waals surface area contributed by atoms with Crippen LogP contribution in [0.4, 0.5) is 0 Å². The first-order valence-electron chi connectivity index (χ1n) is 8.10. The lowest BCUT2D eigenvalue weighted by atomic mass is 9.98. The van der Waals surface area contributed by atoms with Crippen LogP contribution in [0.5, 0.6) is 0 Å². The highest BCUT2D eigenvalue weighted by atomic mass is 16.5. The zero-order chi connectivity index (χ0) is 17.3. The van der Waals surface area contributed by atoms with Gasteiger partial charge in [0.15, 0.2) is 6.10 Å². The number of aryl methyl sites for hydroxylation is 1. The maximum Gasteiger partial charge on any atom is 0.339 e. The van der Waals surface area contributed by atoms with E-state index in [4.69, 9.17) is 9.15 Å². The van der Waals surface area contributed by atoms with Gasteiger partial charge in [0.2, 0.25) is 0 Å². The van der Waals surface area contributed by atoms with Gasteiger partial charge in [-0.3, -0.25) is 4.79 Å². The van der Waals surface area contributed by atoms with Crippen LogP contribution in [0.1, 0.15) is 41.3 Å². The van der Waals surface area contributed by atoms with Crippen LogP contribution in [0.25, 0.3) is 0 Å². The van der Waals surface area contributed by atoms with Crippen LogP contribution < -0.4 is 0 Å². The number of carbonyl (C=O) groups excluding carboxylic acids is 2. The second-order valence-electron chi connectivity index (χ2n) is 6.33. The van der Waals surface area contributed by atoms with Crippen molar-refractivity contribution < 1.29 is 18.7 Å². The van der Waals surface area contributed by atoms with Gasteiger partial charge in [-0.1, -0.05) is 18.2 Å².